The van der Waals surface area contributed by atoms with Crippen molar-refractivity contribution < 1.29 is 23.1 Å². The van der Waals surface area contributed by atoms with Crippen LogP contribution in [0, 0.1) is 11.2 Å². The number of fused-ring (bicyclic) bond motifs is 1. The molecule has 0 N–H and O–H groups in total. The van der Waals surface area contributed by atoms with Crippen molar-refractivity contribution in [1.29, 1.82) is 0 Å². The maximum atomic E-state index is 13.2. The minimum Gasteiger partial charge on any atom is -0.457 e. The molecule has 1 fully saturated rings. The third kappa shape index (κ3) is 4.68. The van der Waals surface area contributed by atoms with Gasteiger partial charge in [-0.2, -0.15) is 0 Å². The Labute approximate surface area is 217 Å². The summed E-state index contributed by atoms with van der Waals surface area (Å²) in [6, 6.07) is 20.5. The van der Waals surface area contributed by atoms with Crippen LogP contribution in [0.2, 0.25) is 0 Å². The summed E-state index contributed by atoms with van der Waals surface area (Å²) in [5, 5.41) is 8.47. The number of benzene rings is 3. The smallest absolute Gasteiger partial charge is 0.247 e. The first kappa shape index (κ1) is 23.7. The molecule has 0 saturated heterocycles. The highest BCUT2D eigenvalue weighted by Crippen LogP contribution is 2.48. The Morgan fingerprint density at radius 3 is 2.21 bits per heavy atom. The zero-order chi connectivity index (χ0) is 26.1. The van der Waals surface area contributed by atoms with Crippen molar-refractivity contribution in [3.63, 3.8) is 0 Å². The van der Waals surface area contributed by atoms with E-state index in [1.54, 1.807) is 36.5 Å². The van der Waals surface area contributed by atoms with Gasteiger partial charge in [0.15, 0.2) is 11.6 Å². The number of halogens is 1. The quantitative estimate of drug-likeness (QED) is 0.229. The molecule has 0 spiro atoms. The largest absolute Gasteiger partial charge is 0.457 e. The van der Waals surface area contributed by atoms with E-state index in [9.17, 15) is 14.0 Å². The lowest BCUT2D eigenvalue weighted by atomic mass is 9.88. The highest BCUT2D eigenvalue weighted by molar-refractivity contribution is 6.10. The highest BCUT2D eigenvalue weighted by Gasteiger charge is 2.54. The summed E-state index contributed by atoms with van der Waals surface area (Å²) >= 11 is 0. The summed E-state index contributed by atoms with van der Waals surface area (Å²) in [6.45, 7) is 0. The first-order chi connectivity index (χ1) is 18.5. The van der Waals surface area contributed by atoms with Crippen molar-refractivity contribution in [3.8, 4) is 23.0 Å². The fourth-order valence-electron chi connectivity index (χ4n) is 4.59. The molecule has 0 radical (unpaired) electrons. The molecule has 0 bridgehead atoms. The maximum Gasteiger partial charge on any atom is 0.247 e. The molecule has 2 heterocycles. The average Bonchev–Trinajstić information content (AvgIpc) is 3.58. The van der Waals surface area contributed by atoms with Gasteiger partial charge in [0.05, 0.1) is 10.9 Å². The van der Waals surface area contributed by atoms with Crippen molar-refractivity contribution in [2.75, 3.05) is 0 Å². The summed E-state index contributed by atoms with van der Waals surface area (Å²) in [6.07, 6.45) is 4.38. The molecule has 0 aliphatic heterocycles. The molecular formula is C30H22FN3O4. The third-order valence-electron chi connectivity index (χ3n) is 6.92. The Morgan fingerprint density at radius 1 is 0.895 bits per heavy atom. The molecule has 8 heteroatoms. The molecule has 1 aliphatic carbocycles. The number of rotatable bonds is 9. The molecule has 1 aliphatic rings. The van der Waals surface area contributed by atoms with Crippen LogP contribution in [-0.2, 0) is 22.4 Å². The van der Waals surface area contributed by atoms with E-state index in [1.165, 1.54) is 18.5 Å². The van der Waals surface area contributed by atoms with Crippen molar-refractivity contribution in [2.45, 2.75) is 25.7 Å². The van der Waals surface area contributed by atoms with Gasteiger partial charge in [-0.05, 0) is 72.5 Å². The number of hydrogen-bond donors (Lipinski definition) is 0. The first-order valence-electron chi connectivity index (χ1n) is 12.2. The minimum atomic E-state index is -0.921. The number of carbonyl (C=O) groups is 2. The van der Waals surface area contributed by atoms with Crippen LogP contribution in [0.15, 0.2) is 89.8 Å². The van der Waals surface area contributed by atoms with Gasteiger partial charge in [-0.25, -0.2) is 4.39 Å². The van der Waals surface area contributed by atoms with E-state index in [2.05, 4.69) is 15.2 Å². The van der Waals surface area contributed by atoms with Gasteiger partial charge >= 0.3 is 0 Å². The summed E-state index contributed by atoms with van der Waals surface area (Å²) in [5.41, 5.74) is 2.11. The molecular weight excluding hydrogens is 485 g/mol. The second kappa shape index (κ2) is 9.63. The Bertz CT molecular complexity index is 1630. The van der Waals surface area contributed by atoms with Crippen LogP contribution in [0.4, 0.5) is 4.39 Å². The van der Waals surface area contributed by atoms with Crippen LogP contribution >= 0.6 is 0 Å². The van der Waals surface area contributed by atoms with Crippen molar-refractivity contribution in [2.24, 2.45) is 5.41 Å². The predicted molar refractivity (Wildman–Crippen MR) is 137 cm³/mol. The zero-order valence-corrected chi connectivity index (χ0v) is 20.3. The van der Waals surface area contributed by atoms with Crippen LogP contribution in [0.5, 0.6) is 11.5 Å². The molecule has 0 atom stereocenters. The molecule has 2 aromatic heterocycles. The molecule has 0 amide bonds. The summed E-state index contributed by atoms with van der Waals surface area (Å²) < 4.78 is 24.6. The lowest BCUT2D eigenvalue weighted by Crippen LogP contribution is -2.28. The number of ether oxygens (including phenoxy) is 1. The lowest BCUT2D eigenvalue weighted by Gasteiger charge is -2.14. The van der Waals surface area contributed by atoms with Gasteiger partial charge in [0.25, 0.3) is 0 Å². The van der Waals surface area contributed by atoms with Gasteiger partial charge in [0.1, 0.15) is 17.3 Å². The number of pyridine rings is 1. The van der Waals surface area contributed by atoms with E-state index in [0.717, 1.165) is 22.0 Å². The van der Waals surface area contributed by atoms with Crippen LogP contribution < -0.4 is 4.74 Å². The van der Waals surface area contributed by atoms with Gasteiger partial charge in [0, 0.05) is 30.0 Å². The molecule has 38 heavy (non-hydrogen) atoms. The fourth-order valence-corrected chi connectivity index (χ4v) is 4.59. The molecule has 3 aromatic carbocycles. The Kier molecular flexibility index (Phi) is 5.99. The Balaban J connectivity index is 1.14. The Hall–Kier alpha value is -4.72. The summed E-state index contributed by atoms with van der Waals surface area (Å²) in [5.74, 6) is 1.09. The number of ketones is 2. The molecule has 188 valence electrons. The SMILES string of the molecule is O=C(Cc1ccc(F)cc1)C1(C(=O)Cc2ccc(Oc3ccnc4ccc(-c5nnco5)cc34)cc2)CC1. The van der Waals surface area contributed by atoms with Gasteiger partial charge in [0.2, 0.25) is 12.3 Å². The van der Waals surface area contributed by atoms with Crippen LogP contribution in [-0.4, -0.2) is 26.7 Å². The molecule has 6 rings (SSSR count). The number of carbonyl (C=O) groups excluding carboxylic acids is 2. The van der Waals surface area contributed by atoms with Crippen LogP contribution in [0.1, 0.15) is 24.0 Å². The van der Waals surface area contributed by atoms with Crippen molar-refractivity contribution >= 4 is 22.5 Å². The monoisotopic (exact) mass is 507 g/mol. The number of aromatic nitrogens is 3. The Morgan fingerprint density at radius 2 is 1.58 bits per heavy atom. The number of nitrogens with zero attached hydrogens (tertiary/aromatic N) is 3. The highest BCUT2D eigenvalue weighted by atomic mass is 19.1. The molecule has 7 nitrogen and oxygen atoms in total. The first-order valence-corrected chi connectivity index (χ1v) is 12.2. The molecule has 0 unspecified atom stereocenters. The van der Waals surface area contributed by atoms with E-state index < -0.39 is 5.41 Å². The van der Waals surface area contributed by atoms with E-state index in [-0.39, 0.29) is 30.2 Å². The van der Waals surface area contributed by atoms with Crippen molar-refractivity contribution in [1.82, 2.24) is 15.2 Å². The topological polar surface area (TPSA) is 95.2 Å². The lowest BCUT2D eigenvalue weighted by molar-refractivity contribution is -0.133. The maximum absolute atomic E-state index is 13.2. The van der Waals surface area contributed by atoms with Gasteiger partial charge in [-0.15, -0.1) is 10.2 Å². The van der Waals surface area contributed by atoms with Gasteiger partial charge in [-0.3, -0.25) is 14.6 Å². The van der Waals surface area contributed by atoms with E-state index in [0.29, 0.717) is 35.8 Å². The number of Topliss-reactive ketones (excluding diaryl/α,β-unsaturated/α-hetero) is 2. The molecule has 1 saturated carbocycles. The summed E-state index contributed by atoms with van der Waals surface area (Å²) in [7, 11) is 0. The summed E-state index contributed by atoms with van der Waals surface area (Å²) in [4.78, 5) is 30.4. The normalized spacial score (nSPS) is 13.8. The van der Waals surface area contributed by atoms with E-state index in [1.807, 2.05) is 30.3 Å². The number of hydrogen-bond acceptors (Lipinski definition) is 7. The second-order valence-corrected chi connectivity index (χ2v) is 9.44. The van der Waals surface area contributed by atoms with Crippen LogP contribution in [0.25, 0.3) is 22.4 Å². The van der Waals surface area contributed by atoms with E-state index >= 15 is 0 Å². The molecule has 5 aromatic rings. The van der Waals surface area contributed by atoms with Crippen molar-refractivity contribution in [3.05, 3.63) is 102 Å². The third-order valence-corrected chi connectivity index (χ3v) is 6.92. The van der Waals surface area contributed by atoms with Crippen LogP contribution in [0.3, 0.4) is 0 Å². The van der Waals surface area contributed by atoms with E-state index in [4.69, 9.17) is 9.15 Å². The average molecular weight is 508 g/mol. The standard InChI is InChI=1S/C30H22FN3O4/c31-22-6-1-19(2-7-22)15-27(35)30(12-13-30)28(36)16-20-3-8-23(9-4-20)38-26-11-14-32-25-10-5-21(17-24(25)26)29-34-33-18-37-29/h1-11,14,17-18H,12-13,15-16H2. The van der Waals surface area contributed by atoms with Gasteiger partial charge in [-0.1, -0.05) is 24.3 Å². The zero-order valence-electron chi connectivity index (χ0n) is 20.3. The fraction of sp³-hybridized carbons (Fsp3) is 0.167. The minimum absolute atomic E-state index is 0.0769. The predicted octanol–water partition coefficient (Wildman–Crippen LogP) is 5.92. The second-order valence-electron chi connectivity index (χ2n) is 9.44. The van der Waals surface area contributed by atoms with Gasteiger partial charge < -0.3 is 9.15 Å².